The highest BCUT2D eigenvalue weighted by atomic mass is 127. The molecule has 0 fully saturated rings. The Balaban J connectivity index is 1.88. The van der Waals surface area contributed by atoms with Gasteiger partial charge in [-0.05, 0) is 92.7 Å². The van der Waals surface area contributed by atoms with Crippen LogP contribution in [0.1, 0.15) is 11.1 Å². The van der Waals surface area contributed by atoms with Crippen LogP contribution in [0.25, 0.3) is 12.2 Å². The smallest absolute Gasteiger partial charge is 0.255 e. The molecule has 0 aliphatic rings. The fourth-order valence-corrected chi connectivity index (χ4v) is 2.96. The van der Waals surface area contributed by atoms with Crippen LogP contribution in [0.5, 0.6) is 0 Å². The average Bonchev–Trinajstić information content (AvgIpc) is 2.54. The van der Waals surface area contributed by atoms with E-state index in [1.165, 1.54) is 11.5 Å². The highest BCUT2D eigenvalue weighted by molar-refractivity contribution is 14.1. The predicted octanol–water partition coefficient (Wildman–Crippen LogP) is 4.36. The predicted molar refractivity (Wildman–Crippen MR) is 113 cm³/mol. The van der Waals surface area contributed by atoms with Crippen LogP contribution >= 0.6 is 45.2 Å². The van der Waals surface area contributed by atoms with Crippen LogP contribution in [0.4, 0.5) is 0 Å². The maximum absolute atomic E-state index is 11.8. The number of hydrogen-bond donors (Lipinski definition) is 1. The molecule has 0 bridgehead atoms. The largest absolute Gasteiger partial charge is 0.269 e. The molecule has 6 heteroatoms. The van der Waals surface area contributed by atoms with Gasteiger partial charge in [0.1, 0.15) is 11.0 Å². The first-order valence-electron chi connectivity index (χ1n) is 6.61. The summed E-state index contributed by atoms with van der Waals surface area (Å²) in [5.41, 5.74) is 1.85. The molecule has 0 heterocycles. The van der Waals surface area contributed by atoms with Crippen molar-refractivity contribution in [2.45, 2.75) is 0 Å². The van der Waals surface area contributed by atoms with E-state index in [0.717, 1.165) is 18.3 Å². The van der Waals surface area contributed by atoms with E-state index >= 15 is 0 Å². The van der Waals surface area contributed by atoms with E-state index in [9.17, 15) is 9.00 Å². The quantitative estimate of drug-likeness (QED) is 0.446. The van der Waals surface area contributed by atoms with Crippen molar-refractivity contribution in [2.75, 3.05) is 0 Å². The molecule has 1 amide bonds. The first-order chi connectivity index (χ1) is 11.0. The Hall–Kier alpha value is -1.000. The Morgan fingerprint density at radius 1 is 0.870 bits per heavy atom. The molecule has 1 atom stereocenters. The van der Waals surface area contributed by atoms with Crippen molar-refractivity contribution in [3.05, 3.63) is 78.3 Å². The summed E-state index contributed by atoms with van der Waals surface area (Å²) < 4.78 is 16.5. The molecule has 0 spiro atoms. The van der Waals surface area contributed by atoms with Gasteiger partial charge in [0.05, 0.1) is 0 Å². The van der Waals surface area contributed by atoms with Crippen molar-refractivity contribution in [3.63, 3.8) is 0 Å². The number of carbonyl (C=O) groups excluding carboxylic acids is 1. The lowest BCUT2D eigenvalue weighted by Gasteiger charge is -1.98. The third kappa shape index (κ3) is 6.96. The maximum atomic E-state index is 11.8. The number of nitrogens with one attached hydrogen (secondary N) is 1. The third-order valence-corrected chi connectivity index (χ3v) is 4.98. The lowest BCUT2D eigenvalue weighted by molar-refractivity contribution is -0.114. The van der Waals surface area contributed by atoms with Crippen LogP contribution in [0.2, 0.25) is 0 Å². The standard InChI is InChI=1S/C17H13I2NO2S/c18-15-6-1-13(2-7-15)5-10-17(21)20-23(22)12-11-14-3-8-16(19)9-4-14/h1-12H,(H,20,21). The lowest BCUT2D eigenvalue weighted by Crippen LogP contribution is -2.21. The molecule has 2 aromatic carbocycles. The van der Waals surface area contributed by atoms with Crippen LogP contribution in [0.15, 0.2) is 60.0 Å². The van der Waals surface area contributed by atoms with Crippen molar-refractivity contribution < 1.29 is 9.00 Å². The van der Waals surface area contributed by atoms with E-state index in [-0.39, 0.29) is 0 Å². The Labute approximate surface area is 165 Å². The number of carbonyl (C=O) groups is 1. The van der Waals surface area contributed by atoms with Gasteiger partial charge in [-0.3, -0.25) is 9.52 Å². The van der Waals surface area contributed by atoms with Gasteiger partial charge in [-0.1, -0.05) is 24.3 Å². The van der Waals surface area contributed by atoms with E-state index < -0.39 is 16.9 Å². The third-order valence-electron chi connectivity index (χ3n) is 2.75. The summed E-state index contributed by atoms with van der Waals surface area (Å²) in [5.74, 6) is -0.394. The van der Waals surface area contributed by atoms with Crippen molar-refractivity contribution >= 4 is 74.2 Å². The Morgan fingerprint density at radius 3 is 1.87 bits per heavy atom. The van der Waals surface area contributed by atoms with Gasteiger partial charge in [-0.15, -0.1) is 0 Å². The molecule has 23 heavy (non-hydrogen) atoms. The topological polar surface area (TPSA) is 46.2 Å². The van der Waals surface area contributed by atoms with E-state index in [4.69, 9.17) is 0 Å². The van der Waals surface area contributed by atoms with E-state index in [1.54, 1.807) is 12.2 Å². The highest BCUT2D eigenvalue weighted by Crippen LogP contribution is 2.09. The van der Waals surface area contributed by atoms with E-state index in [1.807, 2.05) is 48.5 Å². The van der Waals surface area contributed by atoms with Crippen molar-refractivity contribution in [3.8, 4) is 0 Å². The molecular formula is C17H13I2NO2S. The van der Waals surface area contributed by atoms with Crippen LogP contribution in [-0.4, -0.2) is 10.1 Å². The average molecular weight is 549 g/mol. The van der Waals surface area contributed by atoms with Crippen LogP contribution < -0.4 is 4.72 Å². The minimum atomic E-state index is -1.55. The van der Waals surface area contributed by atoms with E-state index in [0.29, 0.717) is 0 Å². The zero-order valence-corrected chi connectivity index (χ0v) is 17.0. The maximum Gasteiger partial charge on any atom is 0.255 e. The molecule has 118 valence electrons. The summed E-state index contributed by atoms with van der Waals surface area (Å²) in [7, 11) is -1.55. The summed E-state index contributed by atoms with van der Waals surface area (Å²) in [6, 6.07) is 15.5. The Morgan fingerprint density at radius 2 is 1.35 bits per heavy atom. The number of hydrogen-bond acceptors (Lipinski definition) is 2. The molecule has 0 aliphatic carbocycles. The van der Waals surface area contributed by atoms with E-state index in [2.05, 4.69) is 49.9 Å². The molecule has 2 aromatic rings. The Bertz CT molecular complexity index is 688. The lowest BCUT2D eigenvalue weighted by atomic mass is 10.2. The number of amides is 1. The van der Waals surface area contributed by atoms with Gasteiger partial charge in [0.25, 0.3) is 5.91 Å². The highest BCUT2D eigenvalue weighted by Gasteiger charge is 1.99. The van der Waals surface area contributed by atoms with Crippen molar-refractivity contribution in [1.82, 2.24) is 4.72 Å². The SMILES string of the molecule is O=C(C=Cc1ccc(I)cc1)NS(=O)C=Cc1ccc(I)cc1. The summed E-state index contributed by atoms with van der Waals surface area (Å²) in [6.07, 6.45) is 4.78. The molecule has 0 radical (unpaired) electrons. The van der Waals surface area contributed by atoms with Gasteiger partial charge in [-0.25, -0.2) is 4.21 Å². The normalized spacial score (nSPS) is 12.6. The summed E-state index contributed by atoms with van der Waals surface area (Å²) in [4.78, 5) is 11.7. The summed E-state index contributed by atoms with van der Waals surface area (Å²) in [6.45, 7) is 0. The van der Waals surface area contributed by atoms with Crippen LogP contribution in [0.3, 0.4) is 0 Å². The van der Waals surface area contributed by atoms with Gasteiger partial charge in [0.2, 0.25) is 0 Å². The second kappa shape index (κ2) is 9.33. The number of rotatable bonds is 5. The number of benzene rings is 2. The monoisotopic (exact) mass is 549 g/mol. The number of halogens is 2. The van der Waals surface area contributed by atoms with Gasteiger partial charge in [0.15, 0.2) is 0 Å². The molecule has 2 rings (SSSR count). The van der Waals surface area contributed by atoms with Crippen LogP contribution in [-0.2, 0) is 15.8 Å². The minimum Gasteiger partial charge on any atom is -0.269 e. The molecule has 0 saturated heterocycles. The summed E-state index contributed by atoms with van der Waals surface area (Å²) in [5, 5.41) is 1.46. The van der Waals surface area contributed by atoms with Gasteiger partial charge in [-0.2, -0.15) is 0 Å². The fraction of sp³-hybridized carbons (Fsp3) is 0. The zero-order chi connectivity index (χ0) is 16.7. The molecule has 0 aromatic heterocycles. The molecular weight excluding hydrogens is 536 g/mol. The molecule has 0 aliphatic heterocycles. The molecule has 0 saturated carbocycles. The molecule has 3 nitrogen and oxygen atoms in total. The zero-order valence-electron chi connectivity index (χ0n) is 11.9. The van der Waals surface area contributed by atoms with Crippen molar-refractivity contribution in [2.24, 2.45) is 0 Å². The van der Waals surface area contributed by atoms with Crippen molar-refractivity contribution in [1.29, 1.82) is 0 Å². The summed E-state index contributed by atoms with van der Waals surface area (Å²) >= 11 is 4.44. The second-order valence-corrected chi connectivity index (χ2v) is 8.07. The fourth-order valence-electron chi connectivity index (χ4n) is 1.63. The Kier molecular flexibility index (Phi) is 7.44. The molecule has 1 unspecified atom stereocenters. The van der Waals surface area contributed by atoms with Gasteiger partial charge in [0, 0.05) is 18.6 Å². The van der Waals surface area contributed by atoms with Gasteiger partial charge >= 0.3 is 0 Å². The second-order valence-electron chi connectivity index (χ2n) is 4.50. The van der Waals surface area contributed by atoms with Gasteiger partial charge < -0.3 is 0 Å². The minimum absolute atomic E-state index is 0.394. The van der Waals surface area contributed by atoms with Crippen LogP contribution in [0, 0.1) is 7.14 Å². The first kappa shape index (κ1) is 18.3. The first-order valence-corrected chi connectivity index (χ1v) is 9.98. The molecule has 1 N–H and O–H groups in total.